The molecular formula is C25H36ClN5O3S. The predicted octanol–water partition coefficient (Wildman–Crippen LogP) is 5.94. The molecule has 0 unspecified atom stereocenters. The van der Waals surface area contributed by atoms with Crippen molar-refractivity contribution in [1.82, 2.24) is 15.3 Å². The third kappa shape index (κ3) is 7.95. The number of nitrogens with one attached hydrogen (secondary N) is 3. The Balaban J connectivity index is 1.29. The van der Waals surface area contributed by atoms with Gasteiger partial charge in [-0.1, -0.05) is 11.6 Å². The third-order valence-corrected chi connectivity index (χ3v) is 7.42. The summed E-state index contributed by atoms with van der Waals surface area (Å²) >= 11 is 8.08. The lowest BCUT2D eigenvalue weighted by atomic mass is 9.91. The van der Waals surface area contributed by atoms with E-state index in [-0.39, 0.29) is 12.1 Å². The molecule has 4 rings (SSSR count). The molecule has 2 fully saturated rings. The molecule has 35 heavy (non-hydrogen) atoms. The molecule has 192 valence electrons. The highest BCUT2D eigenvalue weighted by atomic mass is 35.5. The number of rotatable bonds is 7. The zero-order valence-corrected chi connectivity index (χ0v) is 22.3. The standard InChI is InChI=1S/C25H36ClN5O3S/c1-25(2,3)34-24(32)30-18-6-4-17(5-7-18)29-22-12-19(20(26)14-27-22)21-15-35-23(31-21)28-13-16-8-10-33-11-9-16/h12,14-18H,4-11,13H2,1-3H3,(H,27,29)(H,28,31)(H,30,32)/t17-,18-. The van der Waals surface area contributed by atoms with E-state index < -0.39 is 5.60 Å². The lowest BCUT2D eigenvalue weighted by Crippen LogP contribution is -2.42. The van der Waals surface area contributed by atoms with Crippen LogP contribution < -0.4 is 16.0 Å². The fraction of sp³-hybridized carbons (Fsp3) is 0.640. The van der Waals surface area contributed by atoms with Crippen LogP contribution in [0.5, 0.6) is 0 Å². The number of carbonyl (C=O) groups excluding carboxylic acids is 1. The van der Waals surface area contributed by atoms with E-state index in [9.17, 15) is 4.79 Å². The molecule has 0 bridgehead atoms. The second-order valence-corrected chi connectivity index (χ2v) is 11.6. The van der Waals surface area contributed by atoms with Crippen LogP contribution in [0.1, 0.15) is 59.3 Å². The normalized spacial score (nSPS) is 21.4. The van der Waals surface area contributed by atoms with Crippen molar-refractivity contribution in [2.45, 2.75) is 77.0 Å². The van der Waals surface area contributed by atoms with E-state index >= 15 is 0 Å². The van der Waals surface area contributed by atoms with Gasteiger partial charge in [0.05, 0.1) is 10.7 Å². The topological polar surface area (TPSA) is 97.4 Å². The number of halogens is 1. The Labute approximate surface area is 216 Å². The molecule has 2 aliphatic rings. The largest absolute Gasteiger partial charge is 0.444 e. The highest BCUT2D eigenvalue weighted by Crippen LogP contribution is 2.33. The van der Waals surface area contributed by atoms with Gasteiger partial charge in [0.2, 0.25) is 0 Å². The van der Waals surface area contributed by atoms with Crippen LogP contribution in [0.3, 0.4) is 0 Å². The van der Waals surface area contributed by atoms with Gasteiger partial charge in [-0.3, -0.25) is 0 Å². The minimum Gasteiger partial charge on any atom is -0.444 e. The van der Waals surface area contributed by atoms with Crippen molar-refractivity contribution in [3.05, 3.63) is 22.7 Å². The number of nitrogens with zero attached hydrogens (tertiary/aromatic N) is 2. The van der Waals surface area contributed by atoms with Crippen LogP contribution in [0.25, 0.3) is 11.3 Å². The third-order valence-electron chi connectivity index (χ3n) is 6.32. The van der Waals surface area contributed by atoms with Crippen molar-refractivity contribution in [2.75, 3.05) is 30.4 Å². The second kappa shape index (κ2) is 11.8. The Morgan fingerprint density at radius 2 is 1.89 bits per heavy atom. The van der Waals surface area contributed by atoms with Crippen molar-refractivity contribution >= 4 is 40.0 Å². The molecule has 1 saturated heterocycles. The summed E-state index contributed by atoms with van der Waals surface area (Å²) in [6.45, 7) is 8.23. The molecule has 3 heterocycles. The van der Waals surface area contributed by atoms with Crippen molar-refractivity contribution in [3.63, 3.8) is 0 Å². The number of ether oxygens (including phenoxy) is 2. The molecule has 8 nitrogen and oxygen atoms in total. The van der Waals surface area contributed by atoms with Crippen molar-refractivity contribution < 1.29 is 14.3 Å². The summed E-state index contributed by atoms with van der Waals surface area (Å²) in [4.78, 5) is 21.3. The maximum Gasteiger partial charge on any atom is 0.407 e. The first kappa shape index (κ1) is 26.0. The highest BCUT2D eigenvalue weighted by Gasteiger charge is 2.25. The minimum absolute atomic E-state index is 0.138. The van der Waals surface area contributed by atoms with Crippen LogP contribution in [0.4, 0.5) is 15.7 Å². The fourth-order valence-electron chi connectivity index (χ4n) is 4.44. The van der Waals surface area contributed by atoms with Crippen molar-refractivity contribution in [3.8, 4) is 11.3 Å². The Morgan fingerprint density at radius 1 is 1.17 bits per heavy atom. The van der Waals surface area contributed by atoms with Crippen molar-refractivity contribution in [1.29, 1.82) is 0 Å². The Hall–Kier alpha value is -2.10. The molecule has 0 radical (unpaired) electrons. The van der Waals surface area contributed by atoms with E-state index in [4.69, 9.17) is 26.1 Å². The number of thiazole rings is 1. The predicted molar refractivity (Wildman–Crippen MR) is 141 cm³/mol. The van der Waals surface area contributed by atoms with Crippen LogP contribution in [-0.4, -0.2) is 53.5 Å². The summed E-state index contributed by atoms with van der Waals surface area (Å²) in [6, 6.07) is 2.41. The molecule has 0 aromatic carbocycles. The lowest BCUT2D eigenvalue weighted by molar-refractivity contribution is 0.0492. The average Bonchev–Trinajstić information content (AvgIpc) is 3.28. The summed E-state index contributed by atoms with van der Waals surface area (Å²) in [5.74, 6) is 1.42. The molecule has 10 heteroatoms. The number of hydrogen-bond donors (Lipinski definition) is 3. The van der Waals surface area contributed by atoms with Gasteiger partial charge in [0.1, 0.15) is 11.4 Å². The molecule has 3 N–H and O–H groups in total. The molecule has 0 spiro atoms. The van der Waals surface area contributed by atoms with Crippen LogP contribution in [0.2, 0.25) is 5.02 Å². The van der Waals surface area contributed by atoms with Gasteiger partial charge in [0.15, 0.2) is 5.13 Å². The molecular weight excluding hydrogens is 486 g/mol. The van der Waals surface area contributed by atoms with Gasteiger partial charge in [0.25, 0.3) is 0 Å². The van der Waals surface area contributed by atoms with Gasteiger partial charge in [-0.05, 0) is 71.3 Å². The maximum atomic E-state index is 12.0. The van der Waals surface area contributed by atoms with E-state index in [1.807, 2.05) is 32.2 Å². The molecule has 0 atom stereocenters. The van der Waals surface area contributed by atoms with Gasteiger partial charge in [-0.15, -0.1) is 11.3 Å². The van der Waals surface area contributed by atoms with E-state index in [0.29, 0.717) is 17.0 Å². The zero-order valence-electron chi connectivity index (χ0n) is 20.7. The Bertz CT molecular complexity index is 982. The van der Waals surface area contributed by atoms with Gasteiger partial charge in [-0.25, -0.2) is 14.8 Å². The SMILES string of the molecule is CC(C)(C)OC(=O)N[C@H]1CC[C@H](Nc2cc(-c3csc(NCC4CCOCC4)n3)c(Cl)cn2)CC1. The summed E-state index contributed by atoms with van der Waals surface area (Å²) < 4.78 is 10.8. The smallest absolute Gasteiger partial charge is 0.407 e. The molecule has 1 saturated carbocycles. The highest BCUT2D eigenvalue weighted by molar-refractivity contribution is 7.14. The van der Waals surface area contributed by atoms with Crippen LogP contribution in [0, 0.1) is 5.92 Å². The molecule has 1 aliphatic heterocycles. The summed E-state index contributed by atoms with van der Waals surface area (Å²) in [6.07, 6.45) is 7.20. The molecule has 2 aromatic heterocycles. The van der Waals surface area contributed by atoms with Crippen LogP contribution >= 0.6 is 22.9 Å². The molecule has 2 aromatic rings. The number of amides is 1. The number of aromatic nitrogens is 2. The van der Waals surface area contributed by atoms with Crippen molar-refractivity contribution in [2.24, 2.45) is 5.92 Å². The summed E-state index contributed by atoms with van der Waals surface area (Å²) in [5, 5.41) is 13.5. The monoisotopic (exact) mass is 521 g/mol. The average molecular weight is 522 g/mol. The van der Waals surface area contributed by atoms with E-state index in [2.05, 4.69) is 20.9 Å². The lowest BCUT2D eigenvalue weighted by Gasteiger charge is -2.30. The van der Waals surface area contributed by atoms with E-state index in [1.165, 1.54) is 0 Å². The van der Waals surface area contributed by atoms with Gasteiger partial charge in [0, 0.05) is 49.0 Å². The van der Waals surface area contributed by atoms with Gasteiger partial charge >= 0.3 is 6.09 Å². The fourth-order valence-corrected chi connectivity index (χ4v) is 5.36. The Kier molecular flexibility index (Phi) is 8.73. The number of alkyl carbamates (subject to hydrolysis) is 1. The van der Waals surface area contributed by atoms with Crippen LogP contribution in [-0.2, 0) is 9.47 Å². The van der Waals surface area contributed by atoms with Crippen LogP contribution in [0.15, 0.2) is 17.6 Å². The maximum absolute atomic E-state index is 12.0. The van der Waals surface area contributed by atoms with E-state index in [1.54, 1.807) is 17.5 Å². The molecule has 1 amide bonds. The number of anilines is 2. The first-order chi connectivity index (χ1) is 16.7. The van der Waals surface area contributed by atoms with E-state index in [0.717, 1.165) is 80.5 Å². The Morgan fingerprint density at radius 3 is 2.60 bits per heavy atom. The quantitative estimate of drug-likeness (QED) is 0.414. The first-order valence-electron chi connectivity index (χ1n) is 12.4. The summed E-state index contributed by atoms with van der Waals surface area (Å²) in [7, 11) is 0. The molecule has 1 aliphatic carbocycles. The van der Waals surface area contributed by atoms with Gasteiger partial charge < -0.3 is 25.4 Å². The number of carbonyl (C=O) groups is 1. The zero-order chi connectivity index (χ0) is 24.8. The second-order valence-electron chi connectivity index (χ2n) is 10.4. The number of hydrogen-bond acceptors (Lipinski definition) is 8. The summed E-state index contributed by atoms with van der Waals surface area (Å²) in [5.41, 5.74) is 1.24. The minimum atomic E-state index is -0.486. The van der Waals surface area contributed by atoms with Gasteiger partial charge in [-0.2, -0.15) is 0 Å². The first-order valence-corrected chi connectivity index (χ1v) is 13.7. The number of pyridine rings is 1.